The van der Waals surface area contributed by atoms with E-state index in [1.54, 1.807) is 42.5 Å². The molecule has 0 unspecified atom stereocenters. The van der Waals surface area contributed by atoms with Gasteiger partial charge in [0.2, 0.25) is 0 Å². The summed E-state index contributed by atoms with van der Waals surface area (Å²) in [6, 6.07) is 21.3. The second-order valence-corrected chi connectivity index (χ2v) is 5.50. The first kappa shape index (κ1) is 17.9. The molecule has 2 aromatic carbocycles. The van der Waals surface area contributed by atoms with Crippen LogP contribution in [0.2, 0.25) is 0 Å². The van der Waals surface area contributed by atoms with Crippen LogP contribution in [0.5, 0.6) is 0 Å². The molecule has 2 N–H and O–H groups in total. The fraction of sp³-hybridized carbons (Fsp3) is 0. The largest absolute Gasteiger partial charge is 0.463 e. The average molecular weight is 359 g/mol. The van der Waals surface area contributed by atoms with Crippen LogP contribution in [0.4, 0.5) is 0 Å². The van der Waals surface area contributed by atoms with E-state index in [9.17, 15) is 9.59 Å². The molecule has 6 nitrogen and oxygen atoms in total. The van der Waals surface area contributed by atoms with Gasteiger partial charge >= 0.3 is 0 Å². The highest BCUT2D eigenvalue weighted by atomic mass is 16.3. The lowest BCUT2D eigenvalue weighted by molar-refractivity contribution is -0.117. The second kappa shape index (κ2) is 8.96. The molecule has 0 saturated carbocycles. The minimum Gasteiger partial charge on any atom is -0.463 e. The number of amides is 2. The number of nitrogens with zero attached hydrogens (tertiary/aromatic N) is 1. The molecule has 3 aromatic rings. The van der Waals surface area contributed by atoms with Crippen molar-refractivity contribution in [3.8, 4) is 0 Å². The molecule has 6 heteroatoms. The number of nitrogens with one attached hydrogen (secondary N) is 2. The van der Waals surface area contributed by atoms with Crippen LogP contribution < -0.4 is 10.7 Å². The van der Waals surface area contributed by atoms with Gasteiger partial charge in [0, 0.05) is 5.56 Å². The highest BCUT2D eigenvalue weighted by Crippen LogP contribution is 2.07. The van der Waals surface area contributed by atoms with Crippen molar-refractivity contribution in [2.45, 2.75) is 0 Å². The van der Waals surface area contributed by atoms with Gasteiger partial charge < -0.3 is 9.73 Å². The van der Waals surface area contributed by atoms with Crippen molar-refractivity contribution in [1.82, 2.24) is 10.7 Å². The van der Waals surface area contributed by atoms with Crippen molar-refractivity contribution in [2.24, 2.45) is 5.10 Å². The Labute approximate surface area is 156 Å². The predicted octanol–water partition coefficient (Wildman–Crippen LogP) is 3.20. The Morgan fingerprint density at radius 1 is 0.889 bits per heavy atom. The van der Waals surface area contributed by atoms with Gasteiger partial charge in [-0.1, -0.05) is 48.5 Å². The van der Waals surface area contributed by atoms with Gasteiger partial charge in [0.1, 0.15) is 11.5 Å². The second-order valence-electron chi connectivity index (χ2n) is 5.50. The molecule has 0 spiro atoms. The predicted molar refractivity (Wildman–Crippen MR) is 103 cm³/mol. The maximum atomic E-state index is 12.5. The first-order valence-electron chi connectivity index (χ1n) is 8.22. The molecule has 0 aliphatic carbocycles. The third kappa shape index (κ3) is 5.27. The van der Waals surface area contributed by atoms with Gasteiger partial charge in [0.05, 0.1) is 12.5 Å². The maximum Gasteiger partial charge on any atom is 0.287 e. The monoisotopic (exact) mass is 359 g/mol. The zero-order chi connectivity index (χ0) is 18.9. The molecule has 27 heavy (non-hydrogen) atoms. The molecule has 3 rings (SSSR count). The van der Waals surface area contributed by atoms with E-state index in [0.29, 0.717) is 11.3 Å². The van der Waals surface area contributed by atoms with E-state index in [2.05, 4.69) is 15.8 Å². The standard InChI is InChI=1S/C21H17N3O3/c25-20(17-10-5-2-6-11-17)23-19(14-16-8-3-1-4-9-16)21(26)24-22-15-18-12-7-13-27-18/h1-15H,(H,23,25)(H,24,26)/b19-14-,22-15-. The van der Waals surface area contributed by atoms with Crippen molar-refractivity contribution in [1.29, 1.82) is 0 Å². The third-order valence-electron chi connectivity index (χ3n) is 3.54. The van der Waals surface area contributed by atoms with E-state index in [1.165, 1.54) is 12.5 Å². The zero-order valence-corrected chi connectivity index (χ0v) is 14.3. The summed E-state index contributed by atoms with van der Waals surface area (Å²) in [4.78, 5) is 24.9. The van der Waals surface area contributed by atoms with Crippen LogP contribution in [0.1, 0.15) is 21.7 Å². The number of hydrogen-bond donors (Lipinski definition) is 2. The Bertz CT molecular complexity index is 947. The summed E-state index contributed by atoms with van der Waals surface area (Å²) >= 11 is 0. The number of hydrazone groups is 1. The Kier molecular flexibility index (Phi) is 5.93. The molecule has 0 radical (unpaired) electrons. The lowest BCUT2D eigenvalue weighted by Gasteiger charge is -2.09. The maximum absolute atomic E-state index is 12.5. The Morgan fingerprint density at radius 2 is 1.59 bits per heavy atom. The van der Waals surface area contributed by atoms with Gasteiger partial charge in [-0.25, -0.2) is 5.43 Å². The lowest BCUT2D eigenvalue weighted by atomic mass is 10.1. The van der Waals surface area contributed by atoms with Gasteiger partial charge in [0.25, 0.3) is 11.8 Å². The summed E-state index contributed by atoms with van der Waals surface area (Å²) in [5, 5.41) is 6.48. The topological polar surface area (TPSA) is 83.7 Å². The van der Waals surface area contributed by atoms with Gasteiger partial charge in [-0.15, -0.1) is 0 Å². The van der Waals surface area contributed by atoms with E-state index in [4.69, 9.17) is 4.42 Å². The first-order valence-corrected chi connectivity index (χ1v) is 8.22. The zero-order valence-electron chi connectivity index (χ0n) is 14.3. The van der Waals surface area contributed by atoms with Crippen LogP contribution in [-0.2, 0) is 4.79 Å². The van der Waals surface area contributed by atoms with Crippen molar-refractivity contribution in [2.75, 3.05) is 0 Å². The summed E-state index contributed by atoms with van der Waals surface area (Å²) < 4.78 is 5.11. The molecule has 1 aromatic heterocycles. The van der Waals surface area contributed by atoms with Crippen molar-refractivity contribution < 1.29 is 14.0 Å². The quantitative estimate of drug-likeness (QED) is 0.403. The van der Waals surface area contributed by atoms with E-state index in [1.807, 2.05) is 36.4 Å². The Balaban J connectivity index is 1.78. The molecular formula is C21H17N3O3. The van der Waals surface area contributed by atoms with Gasteiger partial charge in [-0.05, 0) is 35.9 Å². The Hall–Kier alpha value is -3.93. The number of hydrogen-bond acceptors (Lipinski definition) is 4. The minimum absolute atomic E-state index is 0.0756. The van der Waals surface area contributed by atoms with Crippen LogP contribution in [0.25, 0.3) is 6.08 Å². The smallest absolute Gasteiger partial charge is 0.287 e. The number of benzene rings is 2. The van der Waals surface area contributed by atoms with Gasteiger partial charge in [-0.3, -0.25) is 9.59 Å². The van der Waals surface area contributed by atoms with Gasteiger partial charge in [0.15, 0.2) is 0 Å². The van der Waals surface area contributed by atoms with Crippen LogP contribution in [0.15, 0.2) is 94.3 Å². The highest BCUT2D eigenvalue weighted by molar-refractivity contribution is 6.05. The van der Waals surface area contributed by atoms with E-state index in [0.717, 1.165) is 5.56 Å². The van der Waals surface area contributed by atoms with Crippen molar-refractivity contribution in [3.63, 3.8) is 0 Å². The molecule has 0 fully saturated rings. The van der Waals surface area contributed by atoms with Crippen LogP contribution in [0, 0.1) is 0 Å². The summed E-state index contributed by atoms with van der Waals surface area (Å²) in [6.07, 6.45) is 4.46. The normalized spacial score (nSPS) is 11.3. The first-order chi connectivity index (χ1) is 13.2. The SMILES string of the molecule is O=C(N/N=C\c1ccco1)/C(=C/c1ccccc1)NC(=O)c1ccccc1. The molecule has 0 saturated heterocycles. The van der Waals surface area contributed by atoms with Crippen LogP contribution >= 0.6 is 0 Å². The Morgan fingerprint density at radius 3 is 2.26 bits per heavy atom. The fourth-order valence-electron chi connectivity index (χ4n) is 2.24. The molecule has 0 bridgehead atoms. The summed E-state index contributed by atoms with van der Waals surface area (Å²) in [5.74, 6) is -0.439. The van der Waals surface area contributed by atoms with E-state index < -0.39 is 5.91 Å². The number of carbonyl (C=O) groups is 2. The van der Waals surface area contributed by atoms with Crippen molar-refractivity contribution >= 4 is 24.1 Å². The molecule has 0 aliphatic heterocycles. The molecule has 2 amide bonds. The average Bonchev–Trinajstić information content (AvgIpc) is 3.22. The molecule has 134 valence electrons. The fourth-order valence-corrected chi connectivity index (χ4v) is 2.24. The molecule has 1 heterocycles. The van der Waals surface area contributed by atoms with Crippen molar-refractivity contribution in [3.05, 3.63) is 102 Å². The summed E-state index contributed by atoms with van der Waals surface area (Å²) in [5.41, 5.74) is 3.68. The third-order valence-corrected chi connectivity index (χ3v) is 3.54. The number of furan rings is 1. The van der Waals surface area contributed by atoms with Crippen LogP contribution in [-0.4, -0.2) is 18.0 Å². The number of carbonyl (C=O) groups excluding carboxylic acids is 2. The highest BCUT2D eigenvalue weighted by Gasteiger charge is 2.14. The van der Waals surface area contributed by atoms with Crippen LogP contribution in [0.3, 0.4) is 0 Å². The molecule has 0 aliphatic rings. The molecule has 0 atom stereocenters. The van der Waals surface area contributed by atoms with E-state index >= 15 is 0 Å². The summed E-state index contributed by atoms with van der Waals surface area (Å²) in [6.45, 7) is 0. The minimum atomic E-state index is -0.550. The lowest BCUT2D eigenvalue weighted by Crippen LogP contribution is -2.32. The number of rotatable bonds is 6. The van der Waals surface area contributed by atoms with E-state index in [-0.39, 0.29) is 11.6 Å². The molecular weight excluding hydrogens is 342 g/mol. The van der Waals surface area contributed by atoms with Gasteiger partial charge in [-0.2, -0.15) is 5.10 Å². The summed E-state index contributed by atoms with van der Waals surface area (Å²) in [7, 11) is 0.